The largest absolute Gasteiger partial charge is 0.338 e. The Balaban J connectivity index is 4.26. The van der Waals surface area contributed by atoms with Crippen LogP contribution in [0.15, 0.2) is 0 Å². The Morgan fingerprint density at radius 2 is 0.829 bits per heavy atom. The second-order valence-electron chi connectivity index (χ2n) is 12.4. The van der Waals surface area contributed by atoms with Crippen LogP contribution in [-0.4, -0.2) is 30.2 Å². The van der Waals surface area contributed by atoms with Gasteiger partial charge in [-0.25, -0.2) is 4.79 Å². The molecule has 242 valence electrons. The lowest BCUT2D eigenvalue weighted by atomic mass is 9.97. The fourth-order valence-electron chi connectivity index (χ4n) is 5.49. The molecule has 0 aliphatic rings. The lowest BCUT2D eigenvalue weighted by Gasteiger charge is -2.18. The fourth-order valence-corrected chi connectivity index (χ4v) is 5.49. The van der Waals surface area contributed by atoms with Gasteiger partial charge in [0.1, 0.15) is 5.78 Å². The first kappa shape index (κ1) is 39.6. The van der Waals surface area contributed by atoms with Crippen molar-refractivity contribution in [2.75, 3.05) is 6.54 Å². The van der Waals surface area contributed by atoms with Crippen LogP contribution < -0.4 is 10.6 Å². The van der Waals surface area contributed by atoms with Crippen molar-refractivity contribution in [1.82, 2.24) is 10.6 Å². The van der Waals surface area contributed by atoms with Crippen LogP contribution in [0.2, 0.25) is 0 Å². The maximum atomic E-state index is 13.0. The first-order chi connectivity index (χ1) is 20.0. The van der Waals surface area contributed by atoms with Gasteiger partial charge < -0.3 is 10.6 Å². The molecule has 5 nitrogen and oxygen atoms in total. The molecule has 0 spiro atoms. The second kappa shape index (κ2) is 31.5. The van der Waals surface area contributed by atoms with Gasteiger partial charge in [0.05, 0.1) is 6.04 Å². The van der Waals surface area contributed by atoms with Gasteiger partial charge in [-0.05, 0) is 19.3 Å². The maximum Gasteiger partial charge on any atom is 0.315 e. The first-order valence-corrected chi connectivity index (χ1v) is 18.1. The molecule has 0 radical (unpaired) electrons. The van der Waals surface area contributed by atoms with Gasteiger partial charge in [0.15, 0.2) is 5.78 Å². The van der Waals surface area contributed by atoms with Crippen molar-refractivity contribution in [3.05, 3.63) is 0 Å². The molecular weight excluding hydrogens is 508 g/mol. The van der Waals surface area contributed by atoms with Gasteiger partial charge in [-0.2, -0.15) is 0 Å². The molecule has 0 heterocycles. The van der Waals surface area contributed by atoms with Crippen LogP contribution in [0.5, 0.6) is 0 Å². The lowest BCUT2D eigenvalue weighted by molar-refractivity contribution is -0.126. The summed E-state index contributed by atoms with van der Waals surface area (Å²) in [5, 5.41) is 5.70. The molecule has 41 heavy (non-hydrogen) atoms. The van der Waals surface area contributed by atoms with E-state index in [4.69, 9.17) is 0 Å². The highest BCUT2D eigenvalue weighted by Gasteiger charge is 2.23. The number of hydrogen-bond donors (Lipinski definition) is 2. The van der Waals surface area contributed by atoms with Crippen LogP contribution >= 0.6 is 0 Å². The third-order valence-corrected chi connectivity index (χ3v) is 8.28. The molecule has 1 atom stereocenters. The lowest BCUT2D eigenvalue weighted by Crippen LogP contribution is -2.47. The van der Waals surface area contributed by atoms with Gasteiger partial charge in [-0.15, -0.1) is 0 Å². The minimum Gasteiger partial charge on any atom is -0.338 e. The van der Waals surface area contributed by atoms with Crippen LogP contribution in [0.3, 0.4) is 0 Å². The summed E-state index contributed by atoms with van der Waals surface area (Å²) >= 11 is 0. The van der Waals surface area contributed by atoms with Crippen molar-refractivity contribution in [1.29, 1.82) is 0 Å². The van der Waals surface area contributed by atoms with Gasteiger partial charge in [-0.3, -0.25) is 9.59 Å². The number of carbonyl (C=O) groups excluding carboxylic acids is 3. The number of nitrogens with one attached hydrogen (secondary N) is 2. The number of ketones is 2. The second-order valence-corrected chi connectivity index (χ2v) is 12.4. The molecule has 0 fully saturated rings. The molecule has 0 aromatic heterocycles. The van der Waals surface area contributed by atoms with Crippen LogP contribution in [-0.2, 0) is 9.59 Å². The molecule has 0 saturated heterocycles. The Morgan fingerprint density at radius 1 is 0.463 bits per heavy atom. The number of amides is 2. The van der Waals surface area contributed by atoms with Crippen LogP contribution in [0, 0.1) is 0 Å². The quantitative estimate of drug-likeness (QED) is 0.0779. The van der Waals surface area contributed by atoms with Gasteiger partial charge in [0.25, 0.3) is 0 Å². The standard InChI is InChI=1S/C36H70N2O3/c1-4-7-10-12-14-16-18-20-22-24-26-29-33(39)32-34(38-36(41)37-31-28-9-6-3)35(40)30-27-25-23-21-19-17-15-13-11-8-5-2/h34H,4-32H2,1-3H3,(H2,37,38,41)/t34-/m0/s1. The van der Waals surface area contributed by atoms with E-state index in [0.29, 0.717) is 19.4 Å². The van der Waals surface area contributed by atoms with E-state index >= 15 is 0 Å². The average molecular weight is 579 g/mol. The summed E-state index contributed by atoms with van der Waals surface area (Å²) in [4.78, 5) is 38.2. The molecular formula is C36H70N2O3. The van der Waals surface area contributed by atoms with Gasteiger partial charge in [-0.1, -0.05) is 162 Å². The summed E-state index contributed by atoms with van der Waals surface area (Å²) in [6.45, 7) is 7.24. The number of hydrogen-bond acceptors (Lipinski definition) is 3. The van der Waals surface area contributed by atoms with E-state index in [2.05, 4.69) is 31.4 Å². The minimum atomic E-state index is -0.690. The zero-order valence-electron chi connectivity index (χ0n) is 27.8. The van der Waals surface area contributed by atoms with Crippen molar-refractivity contribution in [3.8, 4) is 0 Å². The Kier molecular flexibility index (Phi) is 30.5. The Hall–Kier alpha value is -1.39. The van der Waals surface area contributed by atoms with Crippen LogP contribution in [0.4, 0.5) is 4.79 Å². The molecule has 5 heteroatoms. The van der Waals surface area contributed by atoms with Gasteiger partial charge in [0, 0.05) is 25.8 Å². The SMILES string of the molecule is CCCCCCCCCCCCCC(=O)C[C@H](NC(=O)NCCCCC)C(=O)CCCCCCCCCCCCC. The average Bonchev–Trinajstić information content (AvgIpc) is 2.96. The zero-order valence-corrected chi connectivity index (χ0v) is 27.8. The van der Waals surface area contributed by atoms with Crippen LogP contribution in [0.25, 0.3) is 0 Å². The van der Waals surface area contributed by atoms with E-state index in [1.165, 1.54) is 109 Å². The predicted octanol–water partition coefficient (Wildman–Crippen LogP) is 10.8. The molecule has 2 amide bonds. The van der Waals surface area contributed by atoms with E-state index < -0.39 is 6.04 Å². The van der Waals surface area contributed by atoms with Crippen LogP contribution in [0.1, 0.15) is 201 Å². The van der Waals surface area contributed by atoms with Crippen molar-refractivity contribution in [2.45, 2.75) is 207 Å². The summed E-state index contributed by atoms with van der Waals surface area (Å²) < 4.78 is 0. The third kappa shape index (κ3) is 28.5. The minimum absolute atomic E-state index is 0.0110. The summed E-state index contributed by atoms with van der Waals surface area (Å²) in [6.07, 6.45) is 31.6. The number of Topliss-reactive ketones (excluding diaryl/α,β-unsaturated/α-hetero) is 2. The highest BCUT2D eigenvalue weighted by molar-refractivity contribution is 5.93. The summed E-state index contributed by atoms with van der Waals surface area (Å²) in [5.74, 6) is 0.112. The van der Waals surface area contributed by atoms with Crippen molar-refractivity contribution >= 4 is 17.6 Å². The van der Waals surface area contributed by atoms with E-state index in [9.17, 15) is 14.4 Å². The molecule has 0 rings (SSSR count). The van der Waals surface area contributed by atoms with Crippen molar-refractivity contribution in [2.24, 2.45) is 0 Å². The highest BCUT2D eigenvalue weighted by Crippen LogP contribution is 2.15. The molecule has 0 unspecified atom stereocenters. The smallest absolute Gasteiger partial charge is 0.315 e. The van der Waals surface area contributed by atoms with E-state index in [1.54, 1.807) is 0 Å². The van der Waals surface area contributed by atoms with Gasteiger partial charge in [0.2, 0.25) is 0 Å². The molecule has 0 aliphatic carbocycles. The van der Waals surface area contributed by atoms with Gasteiger partial charge >= 0.3 is 6.03 Å². The number of urea groups is 1. The van der Waals surface area contributed by atoms with Crippen molar-refractivity contribution < 1.29 is 14.4 Å². The molecule has 2 N–H and O–H groups in total. The predicted molar refractivity (Wildman–Crippen MR) is 177 cm³/mol. The van der Waals surface area contributed by atoms with E-state index in [1.807, 2.05) is 0 Å². The summed E-state index contributed by atoms with van der Waals surface area (Å²) in [7, 11) is 0. The van der Waals surface area contributed by atoms with Crippen molar-refractivity contribution in [3.63, 3.8) is 0 Å². The zero-order chi connectivity index (χ0) is 30.2. The Labute approximate surface area is 255 Å². The first-order valence-electron chi connectivity index (χ1n) is 18.1. The summed E-state index contributed by atoms with van der Waals surface area (Å²) in [5.41, 5.74) is 0. The molecule has 0 saturated carbocycles. The Bertz CT molecular complexity index is 608. The van der Waals surface area contributed by atoms with E-state index in [0.717, 1.165) is 51.4 Å². The topological polar surface area (TPSA) is 75.3 Å². The van der Waals surface area contributed by atoms with E-state index in [-0.39, 0.29) is 24.0 Å². The molecule has 0 aliphatic heterocycles. The number of unbranched alkanes of at least 4 members (excludes halogenated alkanes) is 22. The normalized spacial score (nSPS) is 11.9. The number of carbonyl (C=O) groups is 3. The number of rotatable bonds is 32. The third-order valence-electron chi connectivity index (χ3n) is 8.28. The fraction of sp³-hybridized carbons (Fsp3) is 0.917. The molecule has 0 bridgehead atoms. The summed E-state index contributed by atoms with van der Waals surface area (Å²) in [6, 6.07) is -1.01. The molecule has 0 aromatic rings. The Morgan fingerprint density at radius 3 is 1.27 bits per heavy atom. The monoisotopic (exact) mass is 579 g/mol. The molecule has 0 aromatic carbocycles. The maximum absolute atomic E-state index is 13.0. The highest BCUT2D eigenvalue weighted by atomic mass is 16.2.